The topological polar surface area (TPSA) is 94.4 Å². The molecule has 3 N–H and O–H groups in total. The lowest BCUT2D eigenvalue weighted by atomic mass is 10.0. The molecule has 2 unspecified atom stereocenters. The molecule has 0 bridgehead atoms. The molecule has 6 nitrogen and oxygen atoms in total. The van der Waals surface area contributed by atoms with E-state index in [2.05, 4.69) is 16.7 Å². The number of carbonyl (C=O) groups excluding carboxylic acids is 1. The third-order valence-electron chi connectivity index (χ3n) is 3.64. The number of anilines is 1. The number of amides is 1. The van der Waals surface area contributed by atoms with Gasteiger partial charge in [0, 0.05) is 18.3 Å². The molecule has 0 aliphatic rings. The molecular formula is C19H29N3O3. The van der Waals surface area contributed by atoms with Crippen LogP contribution in [0.5, 0.6) is 5.75 Å². The zero-order chi connectivity index (χ0) is 18.7. The van der Waals surface area contributed by atoms with E-state index in [9.17, 15) is 9.90 Å². The second kappa shape index (κ2) is 11.5. The molecule has 0 heterocycles. The number of nitrogens with zero attached hydrogens (tertiary/aromatic N) is 1. The molecule has 138 valence electrons. The van der Waals surface area contributed by atoms with Gasteiger partial charge in [-0.2, -0.15) is 5.26 Å². The molecule has 1 amide bonds. The number of unbranched alkanes of at least 4 members (excludes halogenated alkanes) is 1. The van der Waals surface area contributed by atoms with Gasteiger partial charge in [0.2, 0.25) is 5.91 Å². The number of benzene rings is 1. The normalized spacial score (nSPS) is 13.1. The Morgan fingerprint density at radius 2 is 2.00 bits per heavy atom. The number of hydrogen-bond donors (Lipinski definition) is 3. The fourth-order valence-corrected chi connectivity index (χ4v) is 2.15. The van der Waals surface area contributed by atoms with Gasteiger partial charge in [-0.3, -0.25) is 4.79 Å². The first-order chi connectivity index (χ1) is 12.0. The third-order valence-corrected chi connectivity index (χ3v) is 3.64. The number of nitriles is 1. The van der Waals surface area contributed by atoms with Crippen LogP contribution in [0, 0.1) is 17.2 Å². The zero-order valence-electron chi connectivity index (χ0n) is 15.3. The molecule has 0 radical (unpaired) electrons. The molecule has 0 fully saturated rings. The minimum atomic E-state index is -0.625. The van der Waals surface area contributed by atoms with E-state index in [-0.39, 0.29) is 12.5 Å². The van der Waals surface area contributed by atoms with E-state index in [1.54, 1.807) is 24.3 Å². The van der Waals surface area contributed by atoms with E-state index in [1.165, 1.54) is 0 Å². The molecule has 0 aliphatic heterocycles. The van der Waals surface area contributed by atoms with E-state index < -0.39 is 12.0 Å². The van der Waals surface area contributed by atoms with Crippen LogP contribution >= 0.6 is 0 Å². The van der Waals surface area contributed by atoms with E-state index in [4.69, 9.17) is 10.00 Å². The summed E-state index contributed by atoms with van der Waals surface area (Å²) >= 11 is 0. The number of rotatable bonds is 11. The maximum atomic E-state index is 12.1. The van der Waals surface area contributed by atoms with Crippen molar-refractivity contribution in [3.63, 3.8) is 0 Å². The standard InChI is InChI=1S/C19H29N3O3/c1-4-5-6-15(11-20)19(24)22-16-7-9-18(10-8-16)25-13-17(23)12-21-14(2)3/h7-10,14-15,17,21,23H,4-6,12-13H2,1-3H3,(H,22,24). The van der Waals surface area contributed by atoms with Crippen molar-refractivity contribution in [2.24, 2.45) is 5.92 Å². The van der Waals surface area contributed by atoms with Gasteiger partial charge in [0.15, 0.2) is 0 Å². The number of carbonyl (C=O) groups is 1. The molecule has 0 aliphatic carbocycles. The summed E-state index contributed by atoms with van der Waals surface area (Å²) in [7, 11) is 0. The smallest absolute Gasteiger partial charge is 0.241 e. The molecule has 1 aromatic rings. The highest BCUT2D eigenvalue weighted by atomic mass is 16.5. The van der Waals surface area contributed by atoms with Gasteiger partial charge in [0.25, 0.3) is 0 Å². The summed E-state index contributed by atoms with van der Waals surface area (Å²) in [5, 5.41) is 24.8. The summed E-state index contributed by atoms with van der Waals surface area (Å²) in [6.45, 7) is 6.72. The van der Waals surface area contributed by atoms with E-state index in [1.807, 2.05) is 20.8 Å². The highest BCUT2D eigenvalue weighted by Gasteiger charge is 2.17. The maximum absolute atomic E-state index is 12.1. The van der Waals surface area contributed by atoms with Crippen LogP contribution in [0.2, 0.25) is 0 Å². The maximum Gasteiger partial charge on any atom is 0.241 e. The van der Waals surface area contributed by atoms with Crippen LogP contribution in [0.3, 0.4) is 0 Å². The lowest BCUT2D eigenvalue weighted by Gasteiger charge is -2.15. The first kappa shape index (κ1) is 20.9. The van der Waals surface area contributed by atoms with Crippen LogP contribution < -0.4 is 15.4 Å². The molecule has 0 saturated heterocycles. The number of ether oxygens (including phenoxy) is 1. The molecule has 6 heteroatoms. The van der Waals surface area contributed by atoms with Gasteiger partial charge in [-0.05, 0) is 30.7 Å². The molecule has 2 atom stereocenters. The summed E-state index contributed by atoms with van der Waals surface area (Å²) < 4.78 is 5.53. The van der Waals surface area contributed by atoms with Crippen molar-refractivity contribution in [2.45, 2.75) is 52.2 Å². The van der Waals surface area contributed by atoms with Crippen molar-refractivity contribution < 1.29 is 14.6 Å². The average Bonchev–Trinajstić information content (AvgIpc) is 2.60. The molecule has 1 rings (SSSR count). The fourth-order valence-electron chi connectivity index (χ4n) is 2.15. The van der Waals surface area contributed by atoms with Crippen molar-refractivity contribution in [3.05, 3.63) is 24.3 Å². The third kappa shape index (κ3) is 8.52. The van der Waals surface area contributed by atoms with Crippen LogP contribution in [0.15, 0.2) is 24.3 Å². The Bertz CT molecular complexity index is 552. The SMILES string of the molecule is CCCCC(C#N)C(=O)Nc1ccc(OCC(O)CNC(C)C)cc1. The summed E-state index contributed by atoms with van der Waals surface area (Å²) in [5.41, 5.74) is 0.621. The Labute approximate surface area is 150 Å². The minimum absolute atomic E-state index is 0.193. The second-order valence-corrected chi connectivity index (χ2v) is 6.37. The Kier molecular flexibility index (Phi) is 9.60. The second-order valence-electron chi connectivity index (χ2n) is 6.37. The predicted octanol–water partition coefficient (Wildman–Crippen LogP) is 2.69. The van der Waals surface area contributed by atoms with E-state index in [0.717, 1.165) is 12.8 Å². The Hall–Kier alpha value is -2.10. The van der Waals surface area contributed by atoms with Crippen molar-refractivity contribution in [3.8, 4) is 11.8 Å². The van der Waals surface area contributed by atoms with Gasteiger partial charge in [-0.15, -0.1) is 0 Å². The number of hydrogen-bond acceptors (Lipinski definition) is 5. The number of aliphatic hydroxyl groups excluding tert-OH is 1. The average molecular weight is 347 g/mol. The minimum Gasteiger partial charge on any atom is -0.491 e. The van der Waals surface area contributed by atoms with Crippen molar-refractivity contribution in [1.29, 1.82) is 5.26 Å². The predicted molar refractivity (Wildman–Crippen MR) is 98.3 cm³/mol. The molecular weight excluding hydrogens is 318 g/mol. The van der Waals surface area contributed by atoms with Crippen LogP contribution in [0.1, 0.15) is 40.0 Å². The Morgan fingerprint density at radius 3 is 2.56 bits per heavy atom. The van der Waals surface area contributed by atoms with Gasteiger partial charge in [-0.1, -0.05) is 33.6 Å². The van der Waals surface area contributed by atoms with Crippen molar-refractivity contribution >= 4 is 11.6 Å². The van der Waals surface area contributed by atoms with Gasteiger partial charge >= 0.3 is 0 Å². The Balaban J connectivity index is 2.45. The molecule has 25 heavy (non-hydrogen) atoms. The zero-order valence-corrected chi connectivity index (χ0v) is 15.3. The summed E-state index contributed by atoms with van der Waals surface area (Å²) in [4.78, 5) is 12.1. The highest BCUT2D eigenvalue weighted by molar-refractivity contribution is 5.94. The van der Waals surface area contributed by atoms with Crippen molar-refractivity contribution in [1.82, 2.24) is 5.32 Å². The number of aliphatic hydroxyl groups is 1. The van der Waals surface area contributed by atoms with Gasteiger partial charge in [-0.25, -0.2) is 0 Å². The molecule has 0 aromatic heterocycles. The van der Waals surface area contributed by atoms with Gasteiger partial charge < -0.3 is 20.5 Å². The largest absolute Gasteiger partial charge is 0.491 e. The van der Waals surface area contributed by atoms with Gasteiger partial charge in [0.05, 0.1) is 6.07 Å². The number of nitrogens with one attached hydrogen (secondary N) is 2. The van der Waals surface area contributed by atoms with Crippen LogP contribution in [0.25, 0.3) is 0 Å². The summed E-state index contributed by atoms with van der Waals surface area (Å²) in [6, 6.07) is 9.26. The lowest BCUT2D eigenvalue weighted by Crippen LogP contribution is -2.35. The highest BCUT2D eigenvalue weighted by Crippen LogP contribution is 2.17. The summed E-state index contributed by atoms with van der Waals surface area (Å²) in [5.74, 6) is -0.288. The first-order valence-corrected chi connectivity index (χ1v) is 8.81. The quantitative estimate of drug-likeness (QED) is 0.572. The monoisotopic (exact) mass is 347 g/mol. The first-order valence-electron chi connectivity index (χ1n) is 8.81. The molecule has 0 spiro atoms. The van der Waals surface area contributed by atoms with Gasteiger partial charge in [0.1, 0.15) is 24.4 Å². The van der Waals surface area contributed by atoms with E-state index in [0.29, 0.717) is 30.4 Å². The van der Waals surface area contributed by atoms with Crippen molar-refractivity contribution in [2.75, 3.05) is 18.5 Å². The Morgan fingerprint density at radius 1 is 1.32 bits per heavy atom. The lowest BCUT2D eigenvalue weighted by molar-refractivity contribution is -0.118. The molecule has 1 aromatic carbocycles. The molecule has 0 saturated carbocycles. The van der Waals surface area contributed by atoms with Crippen LogP contribution in [-0.4, -0.2) is 36.3 Å². The fraction of sp³-hybridized carbons (Fsp3) is 0.579. The van der Waals surface area contributed by atoms with Crippen LogP contribution in [0.4, 0.5) is 5.69 Å². The van der Waals surface area contributed by atoms with Crippen LogP contribution in [-0.2, 0) is 4.79 Å². The van der Waals surface area contributed by atoms with E-state index >= 15 is 0 Å². The summed E-state index contributed by atoms with van der Waals surface area (Å²) in [6.07, 6.45) is 1.79.